The molecule has 0 spiro atoms. The van der Waals surface area contributed by atoms with Gasteiger partial charge in [-0.15, -0.1) is 0 Å². The molecule has 0 amide bonds. The largest absolute Gasteiger partial charge is 0.432 e. The van der Waals surface area contributed by atoms with Gasteiger partial charge < -0.3 is 10.2 Å². The molecule has 0 aliphatic rings. The second kappa shape index (κ2) is 1.01. The Bertz CT molecular complexity index is 116. The van der Waals surface area contributed by atoms with E-state index in [1.54, 1.807) is 0 Å². The Hall–Kier alpha value is -0.990. The highest BCUT2D eigenvalue weighted by atomic mass is 16.3. The first-order valence-electron chi connectivity index (χ1n) is 1.54. The summed E-state index contributed by atoms with van der Waals surface area (Å²) in [6.07, 6.45) is 2.92. The quantitative estimate of drug-likeness (QED) is 0.500. The monoisotopic (exact) mass is 86.0 g/mol. The van der Waals surface area contributed by atoms with Crippen molar-refractivity contribution in [1.29, 1.82) is 0 Å². The molecule has 3 nitrogen and oxygen atoms in total. The molecule has 1 heterocycles. The highest BCUT2D eigenvalue weighted by Crippen LogP contribution is 1.90. The molecule has 6 heavy (non-hydrogen) atoms. The Morgan fingerprint density at radius 3 is 3.00 bits per heavy atom. The number of hydrogen-bond acceptors (Lipinski definition) is 3. The predicted molar refractivity (Wildman–Crippen MR) is 23.0 cm³/mol. The number of nitrogen functional groups attached to an aromatic ring is 1. The Kier molecular flexibility index (Phi) is 0.538. The van der Waals surface area contributed by atoms with Gasteiger partial charge in [-0.3, -0.25) is 0 Å². The fraction of sp³-hybridized carbons (Fsp3) is 0. The Morgan fingerprint density at radius 2 is 2.83 bits per heavy atom. The first kappa shape index (κ1) is 3.21. The summed E-state index contributed by atoms with van der Waals surface area (Å²) in [6.45, 7) is 0. The zero-order valence-electron chi connectivity index (χ0n) is 3.09. The van der Waals surface area contributed by atoms with Crippen LogP contribution in [0, 0.1) is 0 Å². The van der Waals surface area contributed by atoms with E-state index >= 15 is 0 Å². The molecule has 2 N–H and O–H groups in total. The van der Waals surface area contributed by atoms with Gasteiger partial charge >= 0.3 is 0 Å². The summed E-state index contributed by atoms with van der Waals surface area (Å²) in [4.78, 5) is 3.53. The maximum Gasteiger partial charge on any atom is 0.291 e. The lowest BCUT2D eigenvalue weighted by Gasteiger charge is -1.68. The van der Waals surface area contributed by atoms with Crippen LogP contribution in [0.5, 0.6) is 0 Å². The van der Waals surface area contributed by atoms with E-state index in [-0.39, 0.29) is 7.44 Å². The lowest BCUT2D eigenvalue weighted by Crippen LogP contribution is -1.79. The number of oxazole rings is 1. The molecule has 34 valence electrons. The lowest BCUT2D eigenvalue weighted by atomic mass is 11.0. The van der Waals surface area contributed by atoms with Crippen LogP contribution >= 0.6 is 0 Å². The standard InChI is InChI=1S/C3H4N2O.H2/c4-3-5-1-2-6-3;/h1-2H,(H2,4,5);1H. The van der Waals surface area contributed by atoms with Gasteiger partial charge in [0, 0.05) is 1.43 Å². The number of aromatic nitrogens is 1. The maximum atomic E-state index is 5.00. The van der Waals surface area contributed by atoms with Crippen molar-refractivity contribution in [3.63, 3.8) is 0 Å². The minimum Gasteiger partial charge on any atom is -0.432 e. The molecule has 0 saturated carbocycles. The zero-order chi connectivity index (χ0) is 4.41. The van der Waals surface area contributed by atoms with E-state index in [0.717, 1.165) is 0 Å². The molecule has 3 heteroatoms. The fourth-order valence-electron chi connectivity index (χ4n) is 0.234. The van der Waals surface area contributed by atoms with Gasteiger partial charge in [0.15, 0.2) is 0 Å². The molecule has 1 aromatic rings. The van der Waals surface area contributed by atoms with E-state index in [1.807, 2.05) is 0 Å². The molecule has 0 unspecified atom stereocenters. The number of anilines is 1. The van der Waals surface area contributed by atoms with Gasteiger partial charge in [-0.05, 0) is 0 Å². The van der Waals surface area contributed by atoms with Gasteiger partial charge in [-0.25, -0.2) is 4.98 Å². The van der Waals surface area contributed by atoms with E-state index in [2.05, 4.69) is 9.40 Å². The Labute approximate surface area is 36.3 Å². The average molecular weight is 86.1 g/mol. The van der Waals surface area contributed by atoms with Crippen LogP contribution in [0.1, 0.15) is 1.43 Å². The van der Waals surface area contributed by atoms with E-state index in [1.165, 1.54) is 12.5 Å². The minimum atomic E-state index is 0. The summed E-state index contributed by atoms with van der Waals surface area (Å²) in [6, 6.07) is 0.218. The van der Waals surface area contributed by atoms with Crippen molar-refractivity contribution in [3.05, 3.63) is 12.5 Å². The van der Waals surface area contributed by atoms with Crippen LogP contribution in [0.25, 0.3) is 0 Å². The Balaban J connectivity index is 0.000000360. The number of rotatable bonds is 0. The lowest BCUT2D eigenvalue weighted by molar-refractivity contribution is 0.580. The van der Waals surface area contributed by atoms with Crippen molar-refractivity contribution >= 4 is 6.01 Å². The van der Waals surface area contributed by atoms with Gasteiger partial charge in [0.05, 0.1) is 6.20 Å². The third kappa shape index (κ3) is 0.337. The van der Waals surface area contributed by atoms with Crippen molar-refractivity contribution in [2.45, 2.75) is 0 Å². The summed E-state index contributed by atoms with van der Waals surface area (Å²) >= 11 is 0. The first-order valence-corrected chi connectivity index (χ1v) is 1.54. The molecular weight excluding hydrogens is 80.0 g/mol. The minimum absolute atomic E-state index is 0. The number of nitrogens with two attached hydrogens (primary N) is 1. The van der Waals surface area contributed by atoms with Gasteiger partial charge in [0.1, 0.15) is 6.26 Å². The van der Waals surface area contributed by atoms with E-state index in [4.69, 9.17) is 5.73 Å². The molecule has 0 radical (unpaired) electrons. The van der Waals surface area contributed by atoms with Crippen molar-refractivity contribution in [3.8, 4) is 0 Å². The summed E-state index contributed by atoms with van der Waals surface area (Å²) in [5, 5.41) is 0. The predicted octanol–water partition coefficient (Wildman–Crippen LogP) is 0.503. The van der Waals surface area contributed by atoms with Gasteiger partial charge in [0.25, 0.3) is 6.01 Å². The summed E-state index contributed by atoms with van der Waals surface area (Å²) in [5.41, 5.74) is 5.00. The second-order valence-electron chi connectivity index (χ2n) is 0.870. The van der Waals surface area contributed by atoms with E-state index in [0.29, 0.717) is 0 Å². The van der Waals surface area contributed by atoms with Gasteiger partial charge in [-0.1, -0.05) is 0 Å². The van der Waals surface area contributed by atoms with Crippen molar-refractivity contribution < 1.29 is 5.84 Å². The molecule has 0 bridgehead atoms. The molecule has 1 rings (SSSR count). The van der Waals surface area contributed by atoms with Crippen LogP contribution in [-0.2, 0) is 0 Å². The van der Waals surface area contributed by atoms with Crippen LogP contribution in [0.4, 0.5) is 6.01 Å². The molecule has 0 aromatic carbocycles. The van der Waals surface area contributed by atoms with Crippen LogP contribution in [0.15, 0.2) is 16.9 Å². The highest BCUT2D eigenvalue weighted by Gasteiger charge is 1.78. The smallest absolute Gasteiger partial charge is 0.291 e. The van der Waals surface area contributed by atoms with Crippen molar-refractivity contribution in [2.24, 2.45) is 0 Å². The van der Waals surface area contributed by atoms with E-state index in [9.17, 15) is 0 Å². The summed E-state index contributed by atoms with van der Waals surface area (Å²) in [5.74, 6) is 0. The topological polar surface area (TPSA) is 52.0 Å². The number of nitrogens with zero attached hydrogens (tertiary/aromatic N) is 1. The Morgan fingerprint density at radius 1 is 2.00 bits per heavy atom. The molecule has 0 aliphatic carbocycles. The maximum absolute atomic E-state index is 5.00. The van der Waals surface area contributed by atoms with Crippen LogP contribution in [0.2, 0.25) is 0 Å². The van der Waals surface area contributed by atoms with Gasteiger partial charge in [-0.2, -0.15) is 0 Å². The number of hydrogen-bond donors (Lipinski definition) is 1. The van der Waals surface area contributed by atoms with E-state index < -0.39 is 0 Å². The molecule has 0 atom stereocenters. The highest BCUT2D eigenvalue weighted by molar-refractivity contribution is 5.04. The third-order valence-corrected chi connectivity index (χ3v) is 0.451. The van der Waals surface area contributed by atoms with Crippen LogP contribution in [0.3, 0.4) is 0 Å². The average Bonchev–Trinajstić information content (AvgIpc) is 1.86. The summed E-state index contributed by atoms with van der Waals surface area (Å²) in [7, 11) is 0. The van der Waals surface area contributed by atoms with Crippen molar-refractivity contribution in [1.82, 2.24) is 4.98 Å². The zero-order valence-corrected chi connectivity index (χ0v) is 3.09. The first-order chi connectivity index (χ1) is 2.89. The van der Waals surface area contributed by atoms with Crippen molar-refractivity contribution in [2.75, 3.05) is 5.73 Å². The van der Waals surface area contributed by atoms with Gasteiger partial charge in [0.2, 0.25) is 0 Å². The van der Waals surface area contributed by atoms with Crippen LogP contribution < -0.4 is 5.73 Å². The molecular formula is C3H6N2O. The normalized spacial score (nSPS) is 8.67. The second-order valence-corrected chi connectivity index (χ2v) is 0.870. The molecule has 0 saturated heterocycles. The molecule has 1 aromatic heterocycles. The summed E-state index contributed by atoms with van der Waals surface area (Å²) < 4.78 is 4.50. The van der Waals surface area contributed by atoms with Crippen LogP contribution in [-0.4, -0.2) is 4.98 Å². The third-order valence-electron chi connectivity index (χ3n) is 0.451. The SMILES string of the molecule is Nc1ncco1.[HH]. The fourth-order valence-corrected chi connectivity index (χ4v) is 0.234. The molecule has 0 aliphatic heterocycles. The molecule has 0 fully saturated rings.